The molecule has 2 aromatic rings. The lowest BCUT2D eigenvalue weighted by molar-refractivity contribution is -0.124. The Morgan fingerprint density at radius 3 is 2.30 bits per heavy atom. The first-order valence-corrected chi connectivity index (χ1v) is 11.8. The normalized spacial score (nSPS) is 15.6. The van der Waals surface area contributed by atoms with E-state index in [9.17, 15) is 9.59 Å². The van der Waals surface area contributed by atoms with Gasteiger partial charge in [-0.2, -0.15) is 0 Å². The summed E-state index contributed by atoms with van der Waals surface area (Å²) < 4.78 is 2.17. The zero-order valence-electron chi connectivity index (χ0n) is 21.2. The molecule has 0 bridgehead atoms. The van der Waals surface area contributed by atoms with Crippen molar-refractivity contribution in [2.75, 3.05) is 20.1 Å². The Balaban J connectivity index is 1.96. The van der Waals surface area contributed by atoms with Crippen molar-refractivity contribution in [1.82, 2.24) is 25.1 Å². The summed E-state index contributed by atoms with van der Waals surface area (Å²) in [7, 11) is 1.59. The summed E-state index contributed by atoms with van der Waals surface area (Å²) in [5.41, 5.74) is 2.13. The van der Waals surface area contributed by atoms with Gasteiger partial charge in [0.05, 0.1) is 5.69 Å². The Morgan fingerprint density at radius 2 is 1.73 bits per heavy atom. The van der Waals surface area contributed by atoms with Crippen LogP contribution in [0.4, 0.5) is 0 Å². The average Bonchev–Trinajstić information content (AvgIpc) is 3.13. The number of nitrogens with one attached hydrogen (secondary N) is 2. The number of carbonyl (C=O) groups excluding carboxylic acids is 2. The molecule has 1 aromatic heterocycles. The molecule has 1 aliphatic rings. The third-order valence-corrected chi connectivity index (χ3v) is 6.16. The molecular formula is C26H39N5O2. The number of hydrogen-bond donors (Lipinski definition) is 2. The number of rotatable bonds is 6. The molecule has 0 unspecified atom stereocenters. The first-order chi connectivity index (χ1) is 15.4. The van der Waals surface area contributed by atoms with Crippen molar-refractivity contribution in [3.63, 3.8) is 0 Å². The van der Waals surface area contributed by atoms with Gasteiger partial charge in [0.25, 0.3) is 5.91 Å². The second-order valence-corrected chi connectivity index (χ2v) is 11.2. The minimum atomic E-state index is -0.659. The van der Waals surface area contributed by atoms with Crippen molar-refractivity contribution >= 4 is 11.8 Å². The summed E-state index contributed by atoms with van der Waals surface area (Å²) in [5.74, 6) is 0.291. The van der Waals surface area contributed by atoms with Gasteiger partial charge < -0.3 is 15.2 Å². The van der Waals surface area contributed by atoms with Crippen molar-refractivity contribution < 1.29 is 9.59 Å². The number of aromatic nitrogens is 2. The Labute approximate surface area is 198 Å². The topological polar surface area (TPSA) is 79.3 Å². The van der Waals surface area contributed by atoms with Gasteiger partial charge in [0, 0.05) is 32.2 Å². The number of nitrogens with zero attached hydrogens (tertiary/aromatic N) is 3. The predicted octanol–water partition coefficient (Wildman–Crippen LogP) is 3.69. The maximum atomic E-state index is 13.5. The van der Waals surface area contributed by atoms with Gasteiger partial charge in [-0.3, -0.25) is 14.5 Å². The molecule has 7 heteroatoms. The summed E-state index contributed by atoms with van der Waals surface area (Å²) in [6, 6.07) is 9.32. The molecule has 1 atom stereocenters. The van der Waals surface area contributed by atoms with E-state index in [1.165, 1.54) is 0 Å². The fraction of sp³-hybridized carbons (Fsp3) is 0.577. The Bertz CT molecular complexity index is 983. The molecule has 2 heterocycles. The van der Waals surface area contributed by atoms with Crippen molar-refractivity contribution in [3.8, 4) is 11.4 Å². The minimum absolute atomic E-state index is 0.209. The summed E-state index contributed by atoms with van der Waals surface area (Å²) in [6.45, 7) is 15.9. The van der Waals surface area contributed by atoms with Gasteiger partial charge >= 0.3 is 0 Å². The van der Waals surface area contributed by atoms with Crippen LogP contribution in [0.25, 0.3) is 11.4 Å². The van der Waals surface area contributed by atoms with E-state index < -0.39 is 11.5 Å². The van der Waals surface area contributed by atoms with Gasteiger partial charge in [0.15, 0.2) is 5.69 Å². The van der Waals surface area contributed by atoms with Crippen molar-refractivity contribution in [2.45, 2.75) is 67.1 Å². The van der Waals surface area contributed by atoms with Crippen molar-refractivity contribution in [1.29, 1.82) is 0 Å². The molecule has 2 amide bonds. The molecule has 0 fully saturated rings. The van der Waals surface area contributed by atoms with Gasteiger partial charge in [0.1, 0.15) is 11.9 Å². The monoisotopic (exact) mass is 453 g/mol. The SMILES string of the molecule is CNC(=O)[C@@H](NC(=O)c1nc(-c2ccccc2)n2c1CN(CCC(C)(C)C)CC2)C(C)(C)C. The van der Waals surface area contributed by atoms with Crippen LogP contribution in [0.2, 0.25) is 0 Å². The van der Waals surface area contributed by atoms with Crippen LogP contribution >= 0.6 is 0 Å². The van der Waals surface area contributed by atoms with E-state index in [2.05, 4.69) is 40.9 Å². The standard InChI is InChI=1S/C26H39N5O2/c1-25(2,3)13-14-30-15-16-31-19(17-30)20(28-22(31)18-11-9-8-10-12-18)23(32)29-21(24(33)27-7)26(4,5)6/h8-12,21H,13-17H2,1-7H3,(H,27,33)(H,29,32)/t21-/m1/s1. The van der Waals surface area contributed by atoms with Gasteiger partial charge in [-0.1, -0.05) is 71.9 Å². The Kier molecular flexibility index (Phi) is 7.32. The third-order valence-electron chi connectivity index (χ3n) is 6.16. The number of hydrogen-bond acceptors (Lipinski definition) is 4. The van der Waals surface area contributed by atoms with E-state index >= 15 is 0 Å². The van der Waals surface area contributed by atoms with E-state index in [0.717, 1.165) is 43.1 Å². The number of fused-ring (bicyclic) bond motifs is 1. The highest BCUT2D eigenvalue weighted by Gasteiger charge is 2.35. The second-order valence-electron chi connectivity index (χ2n) is 11.2. The third kappa shape index (κ3) is 6.02. The number of likely N-dealkylation sites (N-methyl/N-ethyl adjacent to an activating group) is 1. The first kappa shape index (κ1) is 25.0. The molecule has 2 N–H and O–H groups in total. The maximum absolute atomic E-state index is 13.5. The van der Waals surface area contributed by atoms with Gasteiger partial charge in [0.2, 0.25) is 5.91 Å². The van der Waals surface area contributed by atoms with Crippen LogP contribution in [0, 0.1) is 10.8 Å². The number of amides is 2. The highest BCUT2D eigenvalue weighted by Crippen LogP contribution is 2.28. The lowest BCUT2D eigenvalue weighted by Gasteiger charge is -2.32. The van der Waals surface area contributed by atoms with Crippen LogP contribution in [0.15, 0.2) is 30.3 Å². The fourth-order valence-electron chi connectivity index (χ4n) is 4.11. The summed E-state index contributed by atoms with van der Waals surface area (Å²) in [5, 5.41) is 5.64. The van der Waals surface area contributed by atoms with Gasteiger partial charge in [-0.25, -0.2) is 4.98 Å². The molecule has 1 aliphatic heterocycles. The van der Waals surface area contributed by atoms with E-state index in [1.807, 2.05) is 51.1 Å². The van der Waals surface area contributed by atoms with E-state index in [-0.39, 0.29) is 17.2 Å². The quantitative estimate of drug-likeness (QED) is 0.699. The first-order valence-electron chi connectivity index (χ1n) is 11.8. The summed E-state index contributed by atoms with van der Waals surface area (Å²) >= 11 is 0. The van der Waals surface area contributed by atoms with E-state index in [1.54, 1.807) is 7.05 Å². The van der Waals surface area contributed by atoms with Crippen LogP contribution in [0.3, 0.4) is 0 Å². The number of benzene rings is 1. The molecule has 180 valence electrons. The zero-order chi connectivity index (χ0) is 24.4. The largest absolute Gasteiger partial charge is 0.357 e. The molecule has 0 saturated heterocycles. The average molecular weight is 454 g/mol. The second kappa shape index (κ2) is 9.67. The molecule has 0 aliphatic carbocycles. The smallest absolute Gasteiger partial charge is 0.272 e. The molecular weight excluding hydrogens is 414 g/mol. The molecule has 0 radical (unpaired) electrons. The predicted molar refractivity (Wildman–Crippen MR) is 132 cm³/mol. The lowest BCUT2D eigenvalue weighted by atomic mass is 9.86. The summed E-state index contributed by atoms with van der Waals surface area (Å²) in [4.78, 5) is 33.2. The Morgan fingerprint density at radius 1 is 1.06 bits per heavy atom. The van der Waals surface area contributed by atoms with Crippen molar-refractivity contribution in [2.24, 2.45) is 10.8 Å². The van der Waals surface area contributed by atoms with Crippen LogP contribution in [-0.2, 0) is 17.9 Å². The Hall–Kier alpha value is -2.67. The van der Waals surface area contributed by atoms with Crippen LogP contribution in [0.5, 0.6) is 0 Å². The fourth-order valence-corrected chi connectivity index (χ4v) is 4.11. The van der Waals surface area contributed by atoms with Crippen LogP contribution in [0.1, 0.15) is 64.1 Å². The molecule has 3 rings (SSSR count). The molecule has 1 aromatic carbocycles. The zero-order valence-corrected chi connectivity index (χ0v) is 21.2. The molecule has 33 heavy (non-hydrogen) atoms. The highest BCUT2D eigenvalue weighted by atomic mass is 16.2. The highest BCUT2D eigenvalue weighted by molar-refractivity contribution is 5.97. The molecule has 0 saturated carbocycles. The van der Waals surface area contributed by atoms with Crippen molar-refractivity contribution in [3.05, 3.63) is 41.7 Å². The molecule has 0 spiro atoms. The maximum Gasteiger partial charge on any atom is 0.272 e. The van der Waals surface area contributed by atoms with Gasteiger partial charge in [-0.05, 0) is 23.8 Å². The number of carbonyl (C=O) groups is 2. The van der Waals surface area contributed by atoms with Crippen LogP contribution < -0.4 is 10.6 Å². The molecule has 7 nitrogen and oxygen atoms in total. The summed E-state index contributed by atoms with van der Waals surface area (Å²) in [6.07, 6.45) is 1.08. The number of imidazole rings is 1. The van der Waals surface area contributed by atoms with Gasteiger partial charge in [-0.15, -0.1) is 0 Å². The lowest BCUT2D eigenvalue weighted by Crippen LogP contribution is -2.53. The van der Waals surface area contributed by atoms with Crippen LogP contribution in [-0.4, -0.2) is 52.4 Å². The minimum Gasteiger partial charge on any atom is -0.357 e. The van der Waals surface area contributed by atoms with E-state index in [0.29, 0.717) is 12.2 Å². The van der Waals surface area contributed by atoms with E-state index in [4.69, 9.17) is 4.98 Å².